The predicted octanol–water partition coefficient (Wildman–Crippen LogP) is 4.31. The van der Waals surface area contributed by atoms with Crippen LogP contribution in [0.5, 0.6) is 0 Å². The van der Waals surface area contributed by atoms with Crippen LogP contribution >= 0.6 is 11.3 Å². The highest BCUT2D eigenvalue weighted by atomic mass is 32.1. The summed E-state index contributed by atoms with van der Waals surface area (Å²) >= 11 is 1.53. The number of carbonyl (C=O) groups is 1. The first-order valence-electron chi connectivity index (χ1n) is 7.25. The number of hydrogen-bond donors (Lipinski definition) is 1. The summed E-state index contributed by atoms with van der Waals surface area (Å²) in [5.41, 5.74) is 3.14. The van der Waals surface area contributed by atoms with Gasteiger partial charge in [0, 0.05) is 23.4 Å². The number of nitrogens with one attached hydrogen (secondary N) is 1. The fourth-order valence-corrected chi connectivity index (χ4v) is 3.13. The lowest BCUT2D eigenvalue weighted by molar-refractivity contribution is 0.0953. The van der Waals surface area contributed by atoms with Crippen LogP contribution in [0.25, 0.3) is 0 Å². The maximum atomic E-state index is 12.2. The molecule has 0 aliphatic carbocycles. The third-order valence-corrected chi connectivity index (χ3v) is 4.34. The molecule has 0 aliphatic heterocycles. The molecule has 110 valence electrons. The minimum atomic E-state index is -0.0156. The normalized spacial score (nSPS) is 10.6. The third-order valence-electron chi connectivity index (χ3n) is 3.65. The Labute approximate surface area is 134 Å². The lowest BCUT2D eigenvalue weighted by Crippen LogP contribution is -2.28. The Hall–Kier alpha value is -2.39. The summed E-state index contributed by atoms with van der Waals surface area (Å²) in [5, 5.41) is 6.84. The third kappa shape index (κ3) is 3.43. The average molecular weight is 307 g/mol. The second-order valence-electron chi connectivity index (χ2n) is 5.10. The largest absolute Gasteiger partial charge is 0.351 e. The maximum Gasteiger partial charge on any atom is 0.252 e. The van der Waals surface area contributed by atoms with Gasteiger partial charge in [0.2, 0.25) is 0 Å². The van der Waals surface area contributed by atoms with Crippen molar-refractivity contribution in [2.24, 2.45) is 0 Å². The first kappa shape index (κ1) is 14.5. The molecule has 1 N–H and O–H groups in total. The summed E-state index contributed by atoms with van der Waals surface area (Å²) in [4.78, 5) is 12.2. The van der Waals surface area contributed by atoms with E-state index in [1.165, 1.54) is 22.5 Å². The van der Waals surface area contributed by atoms with Crippen molar-refractivity contribution in [3.8, 4) is 0 Å². The van der Waals surface area contributed by atoms with E-state index >= 15 is 0 Å². The van der Waals surface area contributed by atoms with Gasteiger partial charge in [-0.3, -0.25) is 4.79 Å². The number of rotatable bonds is 5. The predicted molar refractivity (Wildman–Crippen MR) is 91.4 cm³/mol. The van der Waals surface area contributed by atoms with Gasteiger partial charge in [-0.25, -0.2) is 0 Å². The Bertz CT molecular complexity index is 668. The van der Waals surface area contributed by atoms with Gasteiger partial charge >= 0.3 is 0 Å². The number of hydrogen-bond acceptors (Lipinski definition) is 2. The molecule has 22 heavy (non-hydrogen) atoms. The minimum absolute atomic E-state index is 0.0156. The summed E-state index contributed by atoms with van der Waals surface area (Å²) in [6.07, 6.45) is 0. The summed E-state index contributed by atoms with van der Waals surface area (Å²) in [6, 6.07) is 22.4. The lowest BCUT2D eigenvalue weighted by atomic mass is 9.91. The molecule has 2 nitrogen and oxygen atoms in total. The van der Waals surface area contributed by atoms with Crippen molar-refractivity contribution in [2.45, 2.75) is 5.92 Å². The van der Waals surface area contributed by atoms with Crippen molar-refractivity contribution in [3.05, 3.63) is 94.2 Å². The molecule has 0 saturated carbocycles. The minimum Gasteiger partial charge on any atom is -0.351 e. The molecule has 1 amide bonds. The second-order valence-corrected chi connectivity index (χ2v) is 5.88. The zero-order valence-corrected chi connectivity index (χ0v) is 12.9. The van der Waals surface area contributed by atoms with Gasteiger partial charge in [0.15, 0.2) is 0 Å². The maximum absolute atomic E-state index is 12.2. The van der Waals surface area contributed by atoms with Crippen LogP contribution in [0.4, 0.5) is 0 Å². The molecule has 0 aliphatic rings. The van der Waals surface area contributed by atoms with Crippen LogP contribution in [-0.2, 0) is 0 Å². The van der Waals surface area contributed by atoms with Crippen molar-refractivity contribution in [1.29, 1.82) is 0 Å². The van der Waals surface area contributed by atoms with Crippen LogP contribution in [0.3, 0.4) is 0 Å². The number of carbonyl (C=O) groups excluding carboxylic acids is 1. The van der Waals surface area contributed by atoms with E-state index in [0.717, 1.165) is 5.56 Å². The van der Waals surface area contributed by atoms with Crippen molar-refractivity contribution < 1.29 is 4.79 Å². The Kier molecular flexibility index (Phi) is 4.66. The van der Waals surface area contributed by atoms with E-state index in [-0.39, 0.29) is 11.8 Å². The van der Waals surface area contributed by atoms with Crippen molar-refractivity contribution in [2.75, 3.05) is 6.54 Å². The highest BCUT2D eigenvalue weighted by Crippen LogP contribution is 2.23. The van der Waals surface area contributed by atoms with Gasteiger partial charge in [-0.15, -0.1) is 0 Å². The quantitative estimate of drug-likeness (QED) is 0.747. The molecular formula is C19H17NOS. The molecular weight excluding hydrogens is 290 g/mol. The van der Waals surface area contributed by atoms with Gasteiger partial charge in [0.1, 0.15) is 0 Å². The van der Waals surface area contributed by atoms with Gasteiger partial charge in [0.25, 0.3) is 5.91 Å². The molecule has 0 radical (unpaired) electrons. The van der Waals surface area contributed by atoms with Crippen molar-refractivity contribution >= 4 is 17.2 Å². The molecule has 3 rings (SSSR count). The Morgan fingerprint density at radius 2 is 1.50 bits per heavy atom. The lowest BCUT2D eigenvalue weighted by Gasteiger charge is -2.18. The Morgan fingerprint density at radius 3 is 2.00 bits per heavy atom. The number of thiophene rings is 1. The SMILES string of the molecule is O=C(NCC(c1ccccc1)c1ccccc1)c1ccsc1. The van der Waals surface area contributed by atoms with E-state index in [0.29, 0.717) is 6.54 Å². The molecule has 0 bridgehead atoms. The fourth-order valence-electron chi connectivity index (χ4n) is 2.49. The zero-order valence-electron chi connectivity index (χ0n) is 12.1. The van der Waals surface area contributed by atoms with Crippen LogP contribution in [0.1, 0.15) is 27.4 Å². The van der Waals surface area contributed by atoms with E-state index in [9.17, 15) is 4.79 Å². The van der Waals surface area contributed by atoms with Crippen LogP contribution < -0.4 is 5.32 Å². The zero-order chi connectivity index (χ0) is 15.2. The smallest absolute Gasteiger partial charge is 0.252 e. The van der Waals surface area contributed by atoms with Gasteiger partial charge in [0.05, 0.1) is 0 Å². The summed E-state index contributed by atoms with van der Waals surface area (Å²) in [7, 11) is 0. The van der Waals surface area contributed by atoms with Crippen molar-refractivity contribution in [1.82, 2.24) is 5.32 Å². The van der Waals surface area contributed by atoms with Crippen LogP contribution in [0.15, 0.2) is 77.5 Å². The topological polar surface area (TPSA) is 29.1 Å². The monoisotopic (exact) mass is 307 g/mol. The molecule has 1 heterocycles. The molecule has 3 heteroatoms. The number of amides is 1. The van der Waals surface area contributed by atoms with Gasteiger partial charge in [-0.1, -0.05) is 60.7 Å². The molecule has 2 aromatic carbocycles. The van der Waals surface area contributed by atoms with E-state index in [4.69, 9.17) is 0 Å². The molecule has 0 spiro atoms. The standard InChI is InChI=1S/C19H17NOS/c21-19(17-11-12-22-14-17)20-13-18(15-7-3-1-4-8-15)16-9-5-2-6-10-16/h1-12,14,18H,13H2,(H,20,21). The molecule has 3 aromatic rings. The van der Waals surface area contributed by atoms with Crippen LogP contribution in [0.2, 0.25) is 0 Å². The summed E-state index contributed by atoms with van der Waals surface area (Å²) < 4.78 is 0. The molecule has 0 atom stereocenters. The Balaban J connectivity index is 1.79. The van der Waals surface area contributed by atoms with Gasteiger partial charge < -0.3 is 5.32 Å². The molecule has 0 unspecified atom stereocenters. The van der Waals surface area contributed by atoms with Crippen LogP contribution in [-0.4, -0.2) is 12.5 Å². The highest BCUT2D eigenvalue weighted by Gasteiger charge is 2.15. The fraction of sp³-hybridized carbons (Fsp3) is 0.105. The average Bonchev–Trinajstić information content (AvgIpc) is 3.11. The second kappa shape index (κ2) is 7.05. The first-order chi connectivity index (χ1) is 10.8. The van der Waals surface area contributed by atoms with E-state index < -0.39 is 0 Å². The first-order valence-corrected chi connectivity index (χ1v) is 8.19. The Morgan fingerprint density at radius 1 is 0.909 bits per heavy atom. The number of benzene rings is 2. The molecule has 0 saturated heterocycles. The van der Waals surface area contributed by atoms with E-state index in [1.807, 2.05) is 53.2 Å². The summed E-state index contributed by atoms with van der Waals surface area (Å²) in [6.45, 7) is 0.586. The molecule has 0 fully saturated rings. The highest BCUT2D eigenvalue weighted by molar-refractivity contribution is 7.08. The van der Waals surface area contributed by atoms with Gasteiger partial charge in [-0.2, -0.15) is 11.3 Å². The van der Waals surface area contributed by atoms with Crippen LogP contribution in [0, 0.1) is 0 Å². The van der Waals surface area contributed by atoms with E-state index in [1.54, 1.807) is 0 Å². The summed E-state index contributed by atoms with van der Waals surface area (Å²) in [5.74, 6) is 0.142. The van der Waals surface area contributed by atoms with E-state index in [2.05, 4.69) is 29.6 Å². The van der Waals surface area contributed by atoms with Crippen molar-refractivity contribution in [3.63, 3.8) is 0 Å². The van der Waals surface area contributed by atoms with Gasteiger partial charge in [-0.05, 0) is 22.6 Å². The molecule has 1 aromatic heterocycles.